The number of hydrogen-bond donors (Lipinski definition) is 1. The smallest absolute Gasteiger partial charge is 0.216 e. The van der Waals surface area contributed by atoms with Gasteiger partial charge < -0.3 is 10.1 Å². The molecule has 0 bridgehead atoms. The van der Waals surface area contributed by atoms with Crippen molar-refractivity contribution in [2.45, 2.75) is 26.4 Å². The maximum Gasteiger partial charge on any atom is 0.216 e. The molecule has 1 N–H and O–H groups in total. The van der Waals surface area contributed by atoms with Gasteiger partial charge in [-0.05, 0) is 20.1 Å². The van der Waals surface area contributed by atoms with Crippen molar-refractivity contribution >= 4 is 11.8 Å². The molecule has 1 aromatic rings. The van der Waals surface area contributed by atoms with Gasteiger partial charge >= 0.3 is 0 Å². The first kappa shape index (κ1) is 13.4. The fraction of sp³-hybridized carbons (Fsp3) is 0.727. The van der Waals surface area contributed by atoms with Crippen LogP contribution in [0.4, 0.5) is 0 Å². The molecule has 1 aromatic heterocycles. The number of thioether (sulfide) groups is 1. The molecule has 1 heterocycles. The van der Waals surface area contributed by atoms with Crippen LogP contribution in [-0.4, -0.2) is 34.9 Å². The summed E-state index contributed by atoms with van der Waals surface area (Å²) in [5, 5.41) is 7.83. The zero-order valence-corrected chi connectivity index (χ0v) is 11.5. The van der Waals surface area contributed by atoms with E-state index in [2.05, 4.69) is 23.6 Å². The van der Waals surface area contributed by atoms with Gasteiger partial charge in [-0.3, -0.25) is 0 Å². The first-order valence-electron chi connectivity index (χ1n) is 5.39. The van der Waals surface area contributed by atoms with Crippen LogP contribution >= 0.6 is 11.8 Å². The fourth-order valence-corrected chi connectivity index (χ4v) is 2.34. The van der Waals surface area contributed by atoms with Crippen molar-refractivity contribution in [3.8, 4) is 5.88 Å². The van der Waals surface area contributed by atoms with Crippen LogP contribution in [0, 0.1) is 6.92 Å². The van der Waals surface area contributed by atoms with Crippen LogP contribution in [0.1, 0.15) is 18.2 Å². The molecule has 0 fully saturated rings. The lowest BCUT2D eigenvalue weighted by Gasteiger charge is -2.12. The SMILES string of the molecule is COc1c(CNC(C)CSC)c(C)nn1C. The summed E-state index contributed by atoms with van der Waals surface area (Å²) >= 11 is 1.85. The van der Waals surface area contributed by atoms with Gasteiger partial charge in [0.15, 0.2) is 0 Å². The van der Waals surface area contributed by atoms with Gasteiger partial charge in [0.2, 0.25) is 5.88 Å². The molecule has 0 aliphatic carbocycles. The van der Waals surface area contributed by atoms with Crippen LogP contribution in [-0.2, 0) is 13.6 Å². The van der Waals surface area contributed by atoms with Crippen molar-refractivity contribution < 1.29 is 4.74 Å². The van der Waals surface area contributed by atoms with Gasteiger partial charge in [0, 0.05) is 25.4 Å². The van der Waals surface area contributed by atoms with E-state index in [-0.39, 0.29) is 0 Å². The Morgan fingerprint density at radius 1 is 1.56 bits per heavy atom. The Morgan fingerprint density at radius 3 is 2.81 bits per heavy atom. The lowest BCUT2D eigenvalue weighted by Crippen LogP contribution is -2.27. The highest BCUT2D eigenvalue weighted by molar-refractivity contribution is 7.98. The third-order valence-corrected chi connectivity index (χ3v) is 3.36. The standard InChI is InChI=1S/C11H21N3OS/c1-8(7-16-5)12-6-10-9(2)13-14(3)11(10)15-4/h8,12H,6-7H2,1-5H3. The molecular formula is C11H21N3OS. The van der Waals surface area contributed by atoms with Crippen molar-refractivity contribution in [2.24, 2.45) is 7.05 Å². The number of aryl methyl sites for hydroxylation is 2. The molecule has 16 heavy (non-hydrogen) atoms. The summed E-state index contributed by atoms with van der Waals surface area (Å²) in [5.74, 6) is 1.96. The molecule has 1 atom stereocenters. The third-order valence-electron chi connectivity index (χ3n) is 2.53. The van der Waals surface area contributed by atoms with Crippen LogP contribution in [0.2, 0.25) is 0 Å². The van der Waals surface area contributed by atoms with Crippen LogP contribution in [0.3, 0.4) is 0 Å². The minimum atomic E-state index is 0.499. The summed E-state index contributed by atoms with van der Waals surface area (Å²) in [6.07, 6.45) is 2.12. The molecule has 5 heteroatoms. The zero-order valence-electron chi connectivity index (χ0n) is 10.7. The monoisotopic (exact) mass is 243 g/mol. The highest BCUT2D eigenvalue weighted by atomic mass is 32.2. The molecule has 0 aromatic carbocycles. The number of rotatable bonds is 6. The van der Waals surface area contributed by atoms with Crippen molar-refractivity contribution in [2.75, 3.05) is 19.1 Å². The number of hydrogen-bond acceptors (Lipinski definition) is 4. The second-order valence-electron chi connectivity index (χ2n) is 3.93. The Balaban J connectivity index is 2.66. The van der Waals surface area contributed by atoms with E-state index in [0.717, 1.165) is 29.4 Å². The summed E-state index contributed by atoms with van der Waals surface area (Å²) in [4.78, 5) is 0. The van der Waals surface area contributed by atoms with E-state index in [0.29, 0.717) is 6.04 Å². The second kappa shape index (κ2) is 6.15. The average molecular weight is 243 g/mol. The molecule has 0 saturated carbocycles. The van der Waals surface area contributed by atoms with Crippen LogP contribution in [0.15, 0.2) is 0 Å². The average Bonchev–Trinajstić information content (AvgIpc) is 2.50. The molecule has 1 rings (SSSR count). The Hall–Kier alpha value is -0.680. The maximum absolute atomic E-state index is 5.34. The predicted octanol–water partition coefficient (Wildman–Crippen LogP) is 1.58. The normalized spacial score (nSPS) is 12.8. The van der Waals surface area contributed by atoms with Crippen LogP contribution in [0.25, 0.3) is 0 Å². The van der Waals surface area contributed by atoms with Crippen molar-refractivity contribution in [3.05, 3.63) is 11.3 Å². The summed E-state index contributed by atoms with van der Waals surface area (Å²) in [6, 6.07) is 0.499. The lowest BCUT2D eigenvalue weighted by molar-refractivity contribution is 0.367. The van der Waals surface area contributed by atoms with E-state index in [4.69, 9.17) is 4.74 Å². The zero-order chi connectivity index (χ0) is 12.1. The van der Waals surface area contributed by atoms with E-state index in [1.165, 1.54) is 0 Å². The van der Waals surface area contributed by atoms with Crippen LogP contribution < -0.4 is 10.1 Å². The lowest BCUT2D eigenvalue weighted by atomic mass is 10.2. The number of aromatic nitrogens is 2. The van der Waals surface area contributed by atoms with Gasteiger partial charge in [-0.25, -0.2) is 4.68 Å². The molecule has 0 aliphatic rings. The van der Waals surface area contributed by atoms with Crippen molar-refractivity contribution in [1.82, 2.24) is 15.1 Å². The van der Waals surface area contributed by atoms with Gasteiger partial charge in [0.25, 0.3) is 0 Å². The Bertz CT molecular complexity index is 338. The minimum absolute atomic E-state index is 0.499. The fourth-order valence-electron chi connectivity index (χ4n) is 1.72. The number of nitrogens with one attached hydrogen (secondary N) is 1. The molecule has 1 unspecified atom stereocenters. The van der Waals surface area contributed by atoms with E-state index >= 15 is 0 Å². The molecule has 0 aliphatic heterocycles. The van der Waals surface area contributed by atoms with Gasteiger partial charge in [0.05, 0.1) is 18.4 Å². The highest BCUT2D eigenvalue weighted by Gasteiger charge is 2.13. The van der Waals surface area contributed by atoms with Gasteiger partial charge in [-0.15, -0.1) is 0 Å². The van der Waals surface area contributed by atoms with E-state index in [1.807, 2.05) is 25.7 Å². The van der Waals surface area contributed by atoms with Gasteiger partial charge in [0.1, 0.15) is 0 Å². The minimum Gasteiger partial charge on any atom is -0.481 e. The summed E-state index contributed by atoms with van der Waals surface area (Å²) in [5.41, 5.74) is 2.18. The first-order valence-corrected chi connectivity index (χ1v) is 6.78. The van der Waals surface area contributed by atoms with E-state index in [1.54, 1.807) is 11.8 Å². The molecule has 0 spiro atoms. The third kappa shape index (κ3) is 3.15. The molecule has 0 radical (unpaired) electrons. The Labute approximate surface area is 102 Å². The summed E-state index contributed by atoms with van der Waals surface area (Å²) in [6.45, 7) is 5.01. The van der Waals surface area contributed by atoms with Gasteiger partial charge in [-0.2, -0.15) is 16.9 Å². The molecule has 0 amide bonds. The quantitative estimate of drug-likeness (QED) is 0.823. The molecule has 92 valence electrons. The number of methoxy groups -OCH3 is 1. The first-order chi connectivity index (χ1) is 7.60. The maximum atomic E-state index is 5.34. The number of ether oxygens (including phenoxy) is 1. The highest BCUT2D eigenvalue weighted by Crippen LogP contribution is 2.20. The topological polar surface area (TPSA) is 39.1 Å². The van der Waals surface area contributed by atoms with Gasteiger partial charge in [-0.1, -0.05) is 0 Å². The molecule has 4 nitrogen and oxygen atoms in total. The largest absolute Gasteiger partial charge is 0.481 e. The predicted molar refractivity (Wildman–Crippen MR) is 69.2 cm³/mol. The second-order valence-corrected chi connectivity index (χ2v) is 4.84. The molecular weight excluding hydrogens is 222 g/mol. The van der Waals surface area contributed by atoms with Crippen LogP contribution in [0.5, 0.6) is 5.88 Å². The van der Waals surface area contributed by atoms with Crippen molar-refractivity contribution in [3.63, 3.8) is 0 Å². The van der Waals surface area contributed by atoms with E-state index < -0.39 is 0 Å². The Kier molecular flexibility index (Phi) is 5.15. The molecule has 0 saturated heterocycles. The summed E-state index contributed by atoms with van der Waals surface area (Å²) < 4.78 is 7.13. The Morgan fingerprint density at radius 2 is 2.25 bits per heavy atom. The van der Waals surface area contributed by atoms with E-state index in [9.17, 15) is 0 Å². The number of nitrogens with zero attached hydrogens (tertiary/aromatic N) is 2. The van der Waals surface area contributed by atoms with Crippen molar-refractivity contribution in [1.29, 1.82) is 0 Å². The summed E-state index contributed by atoms with van der Waals surface area (Å²) in [7, 11) is 3.59.